The van der Waals surface area contributed by atoms with Gasteiger partial charge in [0.05, 0.1) is 11.3 Å². The van der Waals surface area contributed by atoms with Gasteiger partial charge in [0.2, 0.25) is 0 Å². The van der Waals surface area contributed by atoms with Crippen LogP contribution in [0.5, 0.6) is 5.75 Å². The maximum absolute atomic E-state index is 14.4. The summed E-state index contributed by atoms with van der Waals surface area (Å²) in [5, 5.41) is 11.3. The van der Waals surface area contributed by atoms with E-state index in [1.807, 2.05) is 0 Å². The number of alkyl halides is 3. The Morgan fingerprint density at radius 3 is 2.50 bits per heavy atom. The zero-order valence-electron chi connectivity index (χ0n) is 16.9. The van der Waals surface area contributed by atoms with Crippen LogP contribution in [-0.2, 0) is 28.7 Å². The van der Waals surface area contributed by atoms with E-state index >= 15 is 0 Å². The molecule has 1 N–H and O–H groups in total. The number of aliphatic carboxylic acids is 1. The zero-order valence-corrected chi connectivity index (χ0v) is 17.7. The van der Waals surface area contributed by atoms with Crippen LogP contribution in [0.25, 0.3) is 10.6 Å². The van der Waals surface area contributed by atoms with E-state index in [0.29, 0.717) is 21.8 Å². The number of carboxylic acid groups (broad SMARTS) is 1. The van der Waals surface area contributed by atoms with Crippen LogP contribution in [-0.4, -0.2) is 28.8 Å². The Morgan fingerprint density at radius 1 is 1.19 bits per heavy atom. The lowest BCUT2D eigenvalue weighted by atomic mass is 10.1. The van der Waals surface area contributed by atoms with Crippen LogP contribution in [0.3, 0.4) is 0 Å². The average Bonchev–Trinajstić information content (AvgIpc) is 3.21. The lowest BCUT2D eigenvalue weighted by Gasteiger charge is -2.13. The molecule has 3 aromatic rings. The molecule has 1 aromatic heterocycles. The number of nitrogens with zero attached hydrogens (tertiary/aromatic N) is 1. The molecule has 0 aliphatic carbocycles. The van der Waals surface area contributed by atoms with E-state index in [0.717, 1.165) is 12.1 Å². The van der Waals surface area contributed by atoms with E-state index in [4.69, 9.17) is 14.6 Å². The Hall–Kier alpha value is -2.98. The maximum atomic E-state index is 14.4. The number of ether oxygens (including phenoxy) is 2. The van der Waals surface area contributed by atoms with Gasteiger partial charge in [0.15, 0.2) is 17.7 Å². The highest BCUT2D eigenvalue weighted by molar-refractivity contribution is 7.13. The van der Waals surface area contributed by atoms with Crippen LogP contribution in [0.4, 0.5) is 17.6 Å². The molecule has 5 nitrogen and oxygen atoms in total. The van der Waals surface area contributed by atoms with Crippen LogP contribution in [0.2, 0.25) is 0 Å². The molecule has 1 atom stereocenters. The second kappa shape index (κ2) is 10.1. The molecule has 32 heavy (non-hydrogen) atoms. The second-order valence-electron chi connectivity index (χ2n) is 6.76. The predicted octanol–water partition coefficient (Wildman–Crippen LogP) is 5.58. The maximum Gasteiger partial charge on any atom is 0.416 e. The van der Waals surface area contributed by atoms with Crippen LogP contribution in [0.15, 0.2) is 47.8 Å². The SMILES string of the molecule is CCOC(Cc1ccc(OCc2csc(-c3ccc(C(F)(F)F)cc3)n2)c(F)c1)C(=O)O. The number of carboxylic acids is 1. The van der Waals surface area contributed by atoms with Crippen LogP contribution >= 0.6 is 11.3 Å². The Labute approximate surface area is 185 Å². The summed E-state index contributed by atoms with van der Waals surface area (Å²) in [7, 11) is 0. The van der Waals surface area contributed by atoms with E-state index in [-0.39, 0.29) is 25.4 Å². The molecule has 10 heteroatoms. The third kappa shape index (κ3) is 6.04. The molecule has 0 radical (unpaired) electrons. The zero-order chi connectivity index (χ0) is 23.3. The van der Waals surface area contributed by atoms with Crippen molar-refractivity contribution in [2.24, 2.45) is 0 Å². The van der Waals surface area contributed by atoms with E-state index < -0.39 is 29.6 Å². The summed E-state index contributed by atoms with van der Waals surface area (Å²) in [4.78, 5) is 15.5. The minimum Gasteiger partial charge on any atom is -0.484 e. The summed E-state index contributed by atoms with van der Waals surface area (Å²) >= 11 is 1.24. The molecular formula is C22H19F4NO4S. The lowest BCUT2D eigenvalue weighted by Crippen LogP contribution is -2.26. The Morgan fingerprint density at radius 2 is 1.91 bits per heavy atom. The van der Waals surface area contributed by atoms with Crippen molar-refractivity contribution >= 4 is 17.3 Å². The Kier molecular flexibility index (Phi) is 7.47. The van der Waals surface area contributed by atoms with Gasteiger partial charge < -0.3 is 14.6 Å². The van der Waals surface area contributed by atoms with Crippen molar-refractivity contribution in [3.63, 3.8) is 0 Å². The van der Waals surface area contributed by atoms with Gasteiger partial charge in [0.25, 0.3) is 0 Å². The largest absolute Gasteiger partial charge is 0.484 e. The van der Waals surface area contributed by atoms with E-state index in [2.05, 4.69) is 4.98 Å². The molecule has 0 amide bonds. The molecule has 0 saturated heterocycles. The van der Waals surface area contributed by atoms with Gasteiger partial charge in [-0.2, -0.15) is 13.2 Å². The molecule has 1 unspecified atom stereocenters. The highest BCUT2D eigenvalue weighted by Gasteiger charge is 2.30. The van der Waals surface area contributed by atoms with Crippen molar-refractivity contribution in [1.29, 1.82) is 0 Å². The van der Waals surface area contributed by atoms with Gasteiger partial charge in [-0.15, -0.1) is 11.3 Å². The van der Waals surface area contributed by atoms with Gasteiger partial charge in [-0.25, -0.2) is 14.2 Å². The topological polar surface area (TPSA) is 68.7 Å². The molecule has 1 heterocycles. The molecule has 0 spiro atoms. The third-order valence-corrected chi connectivity index (χ3v) is 5.39. The van der Waals surface area contributed by atoms with Crippen molar-refractivity contribution in [2.45, 2.75) is 32.2 Å². The quantitative estimate of drug-likeness (QED) is 0.415. The summed E-state index contributed by atoms with van der Waals surface area (Å²) < 4.78 is 63.0. The van der Waals surface area contributed by atoms with Crippen molar-refractivity contribution in [3.05, 3.63) is 70.5 Å². The van der Waals surface area contributed by atoms with Gasteiger partial charge in [-0.3, -0.25) is 0 Å². The summed E-state index contributed by atoms with van der Waals surface area (Å²) in [5.74, 6) is -1.80. The first-order valence-corrected chi connectivity index (χ1v) is 10.4. The van der Waals surface area contributed by atoms with Crippen LogP contribution in [0, 0.1) is 5.82 Å². The monoisotopic (exact) mass is 469 g/mol. The normalized spacial score (nSPS) is 12.5. The minimum absolute atomic E-state index is 0.0168. The fourth-order valence-corrected chi connectivity index (χ4v) is 3.69. The first kappa shape index (κ1) is 23.7. The molecule has 0 saturated carbocycles. The van der Waals surface area contributed by atoms with Gasteiger partial charge in [0, 0.05) is 24.0 Å². The summed E-state index contributed by atoms with van der Waals surface area (Å²) in [5.41, 5.74) is 0.743. The third-order valence-electron chi connectivity index (χ3n) is 4.45. The molecule has 0 bridgehead atoms. The average molecular weight is 469 g/mol. The smallest absolute Gasteiger partial charge is 0.416 e. The Balaban J connectivity index is 1.62. The molecule has 170 valence electrons. The van der Waals surface area contributed by atoms with E-state index in [1.165, 1.54) is 35.6 Å². The van der Waals surface area contributed by atoms with Crippen molar-refractivity contribution in [3.8, 4) is 16.3 Å². The summed E-state index contributed by atoms with van der Waals surface area (Å²) in [6, 6.07) is 8.82. The van der Waals surface area contributed by atoms with E-state index in [9.17, 15) is 22.4 Å². The molecule has 0 aliphatic heterocycles. The number of halogens is 4. The Bertz CT molecular complexity index is 1070. The highest BCUT2D eigenvalue weighted by atomic mass is 32.1. The van der Waals surface area contributed by atoms with Crippen LogP contribution in [0.1, 0.15) is 23.7 Å². The van der Waals surface area contributed by atoms with Gasteiger partial charge in [0.1, 0.15) is 11.6 Å². The first-order valence-electron chi connectivity index (χ1n) is 9.55. The number of benzene rings is 2. The highest BCUT2D eigenvalue weighted by Crippen LogP contribution is 2.32. The van der Waals surface area contributed by atoms with Crippen molar-refractivity contribution in [2.75, 3.05) is 6.61 Å². The van der Waals surface area contributed by atoms with Crippen molar-refractivity contribution < 1.29 is 36.9 Å². The second-order valence-corrected chi connectivity index (χ2v) is 7.62. The molecule has 0 fully saturated rings. The summed E-state index contributed by atoms with van der Waals surface area (Å²) in [6.07, 6.45) is -5.45. The first-order chi connectivity index (χ1) is 15.2. The predicted molar refractivity (Wildman–Crippen MR) is 110 cm³/mol. The molecule has 0 aliphatic rings. The number of carbonyl (C=O) groups is 1. The number of thiazole rings is 1. The van der Waals surface area contributed by atoms with E-state index in [1.54, 1.807) is 18.4 Å². The summed E-state index contributed by atoms with van der Waals surface area (Å²) in [6.45, 7) is 1.86. The van der Waals surface area contributed by atoms with Crippen LogP contribution < -0.4 is 4.74 Å². The number of aromatic nitrogens is 1. The van der Waals surface area contributed by atoms with Crippen molar-refractivity contribution in [1.82, 2.24) is 4.98 Å². The molecular weight excluding hydrogens is 450 g/mol. The fourth-order valence-electron chi connectivity index (χ4n) is 2.88. The van der Waals surface area contributed by atoms with Gasteiger partial charge in [-0.1, -0.05) is 18.2 Å². The fraction of sp³-hybridized carbons (Fsp3) is 0.273. The molecule has 2 aromatic carbocycles. The number of hydrogen-bond donors (Lipinski definition) is 1. The van der Waals surface area contributed by atoms with Gasteiger partial charge in [-0.05, 0) is 36.8 Å². The number of hydrogen-bond acceptors (Lipinski definition) is 5. The minimum atomic E-state index is -4.41. The number of rotatable bonds is 9. The molecule has 3 rings (SSSR count). The standard InChI is InChI=1S/C22H19F4NO4S/c1-2-30-19(21(28)29)10-13-3-8-18(17(23)9-13)31-11-16-12-32-20(27-16)14-4-6-15(7-5-14)22(24,25)26/h3-9,12,19H,2,10-11H2,1H3,(H,28,29). The lowest BCUT2D eigenvalue weighted by molar-refractivity contribution is -0.150. The van der Waals surface area contributed by atoms with Gasteiger partial charge >= 0.3 is 12.1 Å².